The van der Waals surface area contributed by atoms with Crippen LogP contribution in [0.5, 0.6) is 0 Å². The summed E-state index contributed by atoms with van der Waals surface area (Å²) in [6.45, 7) is 0.920. The molecule has 4 nitrogen and oxygen atoms in total. The minimum atomic E-state index is -0.279. The zero-order valence-electron chi connectivity index (χ0n) is 6.05. The second-order valence-corrected chi connectivity index (χ2v) is 2.61. The molecule has 0 aromatic carbocycles. The predicted molar refractivity (Wildman–Crippen MR) is 41.7 cm³/mol. The highest BCUT2D eigenvalue weighted by Crippen LogP contribution is 2.14. The standard InChI is InChI=1S/C7H9N3O/c11-7-9-4-5-2-1-3-8-6(5)10-7/h4H,1-3H2,(H2,8,9,10,11). The van der Waals surface area contributed by atoms with Gasteiger partial charge in [-0.25, -0.2) is 4.79 Å². The number of aromatic nitrogens is 2. The van der Waals surface area contributed by atoms with Crippen molar-refractivity contribution in [3.8, 4) is 0 Å². The van der Waals surface area contributed by atoms with Crippen molar-refractivity contribution in [3.63, 3.8) is 0 Å². The number of aromatic amines is 1. The first-order valence-electron chi connectivity index (χ1n) is 3.69. The highest BCUT2D eigenvalue weighted by atomic mass is 16.1. The summed E-state index contributed by atoms with van der Waals surface area (Å²) in [7, 11) is 0. The Morgan fingerprint density at radius 1 is 1.55 bits per heavy atom. The predicted octanol–water partition coefficient (Wildman–Crippen LogP) is 0.128. The maximum atomic E-state index is 10.7. The van der Waals surface area contributed by atoms with Crippen molar-refractivity contribution >= 4 is 5.82 Å². The third kappa shape index (κ3) is 1.11. The zero-order chi connectivity index (χ0) is 7.68. The van der Waals surface area contributed by atoms with Crippen LogP contribution in [-0.2, 0) is 6.42 Å². The molecule has 0 amide bonds. The van der Waals surface area contributed by atoms with Gasteiger partial charge < -0.3 is 10.3 Å². The van der Waals surface area contributed by atoms with Gasteiger partial charge in [0.2, 0.25) is 0 Å². The van der Waals surface area contributed by atoms with Gasteiger partial charge in [0.15, 0.2) is 0 Å². The van der Waals surface area contributed by atoms with Crippen LogP contribution in [0.1, 0.15) is 12.0 Å². The van der Waals surface area contributed by atoms with E-state index in [1.54, 1.807) is 6.20 Å². The number of nitrogens with one attached hydrogen (secondary N) is 2. The molecule has 0 unspecified atom stereocenters. The lowest BCUT2D eigenvalue weighted by Gasteiger charge is -2.14. The fraction of sp³-hybridized carbons (Fsp3) is 0.429. The molecular formula is C7H9N3O. The highest BCUT2D eigenvalue weighted by Gasteiger charge is 2.08. The van der Waals surface area contributed by atoms with Crippen molar-refractivity contribution in [2.24, 2.45) is 0 Å². The molecule has 0 aliphatic carbocycles. The first-order valence-corrected chi connectivity index (χ1v) is 3.69. The van der Waals surface area contributed by atoms with Crippen molar-refractivity contribution < 1.29 is 0 Å². The number of hydrogen-bond donors (Lipinski definition) is 2. The molecule has 1 aromatic rings. The number of hydrogen-bond acceptors (Lipinski definition) is 3. The second kappa shape index (κ2) is 2.38. The van der Waals surface area contributed by atoms with Crippen molar-refractivity contribution in [3.05, 3.63) is 22.2 Å². The molecule has 0 spiro atoms. The molecule has 0 fully saturated rings. The van der Waals surface area contributed by atoms with E-state index in [-0.39, 0.29) is 5.69 Å². The Hall–Kier alpha value is -1.32. The van der Waals surface area contributed by atoms with E-state index >= 15 is 0 Å². The molecule has 0 saturated carbocycles. The summed E-state index contributed by atoms with van der Waals surface area (Å²) in [6, 6.07) is 0. The summed E-state index contributed by atoms with van der Waals surface area (Å²) in [5.41, 5.74) is 0.828. The molecule has 0 bridgehead atoms. The monoisotopic (exact) mass is 151 g/mol. The third-order valence-corrected chi connectivity index (χ3v) is 1.80. The number of rotatable bonds is 0. The van der Waals surface area contributed by atoms with E-state index in [4.69, 9.17) is 0 Å². The zero-order valence-corrected chi connectivity index (χ0v) is 6.05. The smallest absolute Gasteiger partial charge is 0.346 e. The Morgan fingerprint density at radius 2 is 2.45 bits per heavy atom. The Labute approximate surface area is 63.7 Å². The van der Waals surface area contributed by atoms with Gasteiger partial charge in [0, 0.05) is 18.3 Å². The molecule has 0 saturated heterocycles. The normalized spacial score (nSPS) is 15.3. The van der Waals surface area contributed by atoms with Gasteiger partial charge in [0.05, 0.1) is 0 Å². The average Bonchev–Trinajstić information content (AvgIpc) is 2.04. The topological polar surface area (TPSA) is 57.8 Å². The molecule has 1 aromatic heterocycles. The minimum Gasteiger partial charge on any atom is -0.370 e. The van der Waals surface area contributed by atoms with Crippen molar-refractivity contribution in [2.75, 3.05) is 11.9 Å². The third-order valence-electron chi connectivity index (χ3n) is 1.80. The summed E-state index contributed by atoms with van der Waals surface area (Å²) < 4.78 is 0. The maximum Gasteiger partial charge on any atom is 0.346 e. The molecule has 11 heavy (non-hydrogen) atoms. The van der Waals surface area contributed by atoms with Crippen LogP contribution in [-0.4, -0.2) is 16.5 Å². The van der Waals surface area contributed by atoms with Gasteiger partial charge in [0.25, 0.3) is 0 Å². The van der Waals surface area contributed by atoms with E-state index in [0.717, 1.165) is 30.8 Å². The van der Waals surface area contributed by atoms with E-state index in [1.165, 1.54) is 0 Å². The molecule has 58 valence electrons. The molecule has 1 aliphatic rings. The Morgan fingerprint density at radius 3 is 3.36 bits per heavy atom. The lowest BCUT2D eigenvalue weighted by atomic mass is 10.1. The van der Waals surface area contributed by atoms with Crippen molar-refractivity contribution in [1.82, 2.24) is 9.97 Å². The van der Waals surface area contributed by atoms with Crippen LogP contribution >= 0.6 is 0 Å². The maximum absolute atomic E-state index is 10.7. The molecule has 2 N–H and O–H groups in total. The highest BCUT2D eigenvalue weighted by molar-refractivity contribution is 5.43. The van der Waals surface area contributed by atoms with Gasteiger partial charge in [0.1, 0.15) is 5.82 Å². The van der Waals surface area contributed by atoms with Crippen molar-refractivity contribution in [1.29, 1.82) is 0 Å². The van der Waals surface area contributed by atoms with Crippen LogP contribution in [0.2, 0.25) is 0 Å². The SMILES string of the molecule is O=c1nc2c(c[nH]1)CCCN2. The van der Waals surface area contributed by atoms with Gasteiger partial charge in [-0.05, 0) is 12.8 Å². The lowest BCUT2D eigenvalue weighted by molar-refractivity contribution is 0.802. The van der Waals surface area contributed by atoms with Gasteiger partial charge in [-0.1, -0.05) is 0 Å². The number of nitrogens with zero attached hydrogens (tertiary/aromatic N) is 1. The lowest BCUT2D eigenvalue weighted by Crippen LogP contribution is -2.20. The summed E-state index contributed by atoms with van der Waals surface area (Å²) in [6.07, 6.45) is 3.85. The largest absolute Gasteiger partial charge is 0.370 e. The number of aryl methyl sites for hydroxylation is 1. The summed E-state index contributed by atoms with van der Waals surface area (Å²) in [5, 5.41) is 3.07. The molecule has 2 heterocycles. The average molecular weight is 151 g/mol. The number of anilines is 1. The van der Waals surface area contributed by atoms with Crippen LogP contribution in [0.15, 0.2) is 11.0 Å². The van der Waals surface area contributed by atoms with E-state index in [2.05, 4.69) is 15.3 Å². The van der Waals surface area contributed by atoms with Crippen LogP contribution in [0.25, 0.3) is 0 Å². The second-order valence-electron chi connectivity index (χ2n) is 2.61. The summed E-state index contributed by atoms with van der Waals surface area (Å²) in [4.78, 5) is 17.1. The molecule has 1 aliphatic heterocycles. The summed E-state index contributed by atoms with van der Waals surface area (Å²) >= 11 is 0. The van der Waals surface area contributed by atoms with Gasteiger partial charge in [-0.15, -0.1) is 0 Å². The van der Waals surface area contributed by atoms with Crippen LogP contribution in [0.4, 0.5) is 5.82 Å². The fourth-order valence-electron chi connectivity index (χ4n) is 1.25. The Kier molecular flexibility index (Phi) is 1.38. The van der Waals surface area contributed by atoms with Crippen LogP contribution in [0, 0.1) is 0 Å². The van der Waals surface area contributed by atoms with Crippen molar-refractivity contribution in [2.45, 2.75) is 12.8 Å². The fourth-order valence-corrected chi connectivity index (χ4v) is 1.25. The first kappa shape index (κ1) is 6.39. The van der Waals surface area contributed by atoms with Crippen LogP contribution < -0.4 is 11.0 Å². The minimum absolute atomic E-state index is 0.279. The van der Waals surface area contributed by atoms with E-state index in [1.807, 2.05) is 0 Å². The number of H-pyrrole nitrogens is 1. The molecule has 0 atom stereocenters. The summed E-state index contributed by atoms with van der Waals surface area (Å²) in [5.74, 6) is 0.750. The van der Waals surface area contributed by atoms with E-state index in [0.29, 0.717) is 0 Å². The molecule has 2 rings (SSSR count). The Balaban J connectivity index is 2.51. The molecule has 0 radical (unpaired) electrons. The van der Waals surface area contributed by atoms with Gasteiger partial charge in [-0.2, -0.15) is 4.98 Å². The van der Waals surface area contributed by atoms with E-state index in [9.17, 15) is 4.79 Å². The molecular weight excluding hydrogens is 142 g/mol. The van der Waals surface area contributed by atoms with E-state index < -0.39 is 0 Å². The molecule has 4 heteroatoms. The number of fused-ring (bicyclic) bond motifs is 1. The quantitative estimate of drug-likeness (QED) is 0.554. The van der Waals surface area contributed by atoms with Crippen LogP contribution in [0.3, 0.4) is 0 Å². The Bertz CT molecular complexity index is 318. The first-order chi connectivity index (χ1) is 5.36. The van der Waals surface area contributed by atoms with Gasteiger partial charge >= 0.3 is 5.69 Å². The van der Waals surface area contributed by atoms with Gasteiger partial charge in [-0.3, -0.25) is 0 Å².